The molecule has 3 aromatic carbocycles. The third kappa shape index (κ3) is 2.65. The standard InChI is InChI=1S/C20H16BrNO3/c1-25-18-8-13(15(21)10-17(18)23)14-9-19(24)22-16-7-6-11-4-2-3-5-12(11)20(14)16/h2-8,10,14,23H,9H2,1H3,(H,22,24)/t14-/m1/s1. The largest absolute Gasteiger partial charge is 0.504 e. The molecule has 0 saturated heterocycles. The zero-order valence-corrected chi connectivity index (χ0v) is 15.1. The van der Waals surface area contributed by atoms with Gasteiger partial charge in [0.2, 0.25) is 5.91 Å². The molecule has 0 radical (unpaired) electrons. The highest BCUT2D eigenvalue weighted by Gasteiger charge is 2.30. The number of halogens is 1. The SMILES string of the molecule is COc1cc([C@H]2CC(=O)Nc3ccc4ccccc4c32)c(Br)cc1O. The van der Waals surface area contributed by atoms with Gasteiger partial charge in [0.1, 0.15) is 0 Å². The number of rotatable bonds is 2. The van der Waals surface area contributed by atoms with Gasteiger partial charge < -0.3 is 15.2 Å². The molecule has 1 aliphatic heterocycles. The van der Waals surface area contributed by atoms with Crippen molar-refractivity contribution >= 4 is 38.3 Å². The van der Waals surface area contributed by atoms with Crippen molar-refractivity contribution in [1.29, 1.82) is 0 Å². The molecule has 3 aromatic rings. The van der Waals surface area contributed by atoms with E-state index in [9.17, 15) is 9.90 Å². The summed E-state index contributed by atoms with van der Waals surface area (Å²) < 4.78 is 6.02. The Kier molecular flexibility index (Phi) is 3.88. The molecule has 25 heavy (non-hydrogen) atoms. The van der Waals surface area contributed by atoms with Crippen LogP contribution in [0, 0.1) is 0 Å². The maximum absolute atomic E-state index is 12.3. The zero-order chi connectivity index (χ0) is 17.6. The van der Waals surface area contributed by atoms with Crippen molar-refractivity contribution in [3.8, 4) is 11.5 Å². The minimum Gasteiger partial charge on any atom is -0.504 e. The number of aromatic hydroxyl groups is 1. The molecule has 2 N–H and O–H groups in total. The van der Waals surface area contributed by atoms with E-state index >= 15 is 0 Å². The first-order valence-electron chi connectivity index (χ1n) is 7.96. The summed E-state index contributed by atoms with van der Waals surface area (Å²) in [4.78, 5) is 12.3. The Morgan fingerprint density at radius 3 is 2.80 bits per heavy atom. The highest BCUT2D eigenvalue weighted by Crippen LogP contribution is 2.45. The summed E-state index contributed by atoms with van der Waals surface area (Å²) in [5.41, 5.74) is 2.84. The van der Waals surface area contributed by atoms with Crippen LogP contribution in [0.1, 0.15) is 23.5 Å². The molecule has 1 amide bonds. The molecule has 0 aliphatic carbocycles. The molecule has 4 nitrogen and oxygen atoms in total. The van der Waals surface area contributed by atoms with Crippen molar-refractivity contribution < 1.29 is 14.6 Å². The summed E-state index contributed by atoms with van der Waals surface area (Å²) >= 11 is 3.53. The molecule has 0 saturated carbocycles. The highest BCUT2D eigenvalue weighted by molar-refractivity contribution is 9.10. The molecule has 5 heteroatoms. The smallest absolute Gasteiger partial charge is 0.225 e. The number of amides is 1. The first-order chi connectivity index (χ1) is 12.1. The lowest BCUT2D eigenvalue weighted by atomic mass is 9.82. The molecule has 0 aromatic heterocycles. The number of carbonyl (C=O) groups is 1. The Balaban J connectivity index is 1.99. The Morgan fingerprint density at radius 2 is 2.00 bits per heavy atom. The lowest BCUT2D eigenvalue weighted by Gasteiger charge is -2.28. The summed E-state index contributed by atoms with van der Waals surface area (Å²) in [5, 5.41) is 15.2. The van der Waals surface area contributed by atoms with E-state index < -0.39 is 0 Å². The van der Waals surface area contributed by atoms with Gasteiger partial charge in [-0.3, -0.25) is 4.79 Å². The number of hydrogen-bond acceptors (Lipinski definition) is 3. The average Bonchev–Trinajstić information content (AvgIpc) is 2.61. The first-order valence-corrected chi connectivity index (χ1v) is 8.75. The van der Waals surface area contributed by atoms with E-state index in [1.54, 1.807) is 12.1 Å². The fourth-order valence-corrected chi connectivity index (χ4v) is 4.13. The zero-order valence-electron chi connectivity index (χ0n) is 13.5. The van der Waals surface area contributed by atoms with Crippen LogP contribution in [0.25, 0.3) is 10.8 Å². The quantitative estimate of drug-likeness (QED) is 0.653. The number of nitrogens with one attached hydrogen (secondary N) is 1. The minimum absolute atomic E-state index is 0.0216. The molecule has 1 atom stereocenters. The normalized spacial score (nSPS) is 16.4. The van der Waals surface area contributed by atoms with Gasteiger partial charge in [-0.1, -0.05) is 46.3 Å². The number of phenols is 1. The fourth-order valence-electron chi connectivity index (χ4n) is 3.52. The van der Waals surface area contributed by atoms with E-state index in [2.05, 4.69) is 33.4 Å². The van der Waals surface area contributed by atoms with E-state index in [4.69, 9.17) is 4.74 Å². The Bertz CT molecular complexity index is 1000. The number of phenolic OH excluding ortho intramolecular Hbond substituents is 1. The van der Waals surface area contributed by atoms with Crippen molar-refractivity contribution in [2.45, 2.75) is 12.3 Å². The fraction of sp³-hybridized carbons (Fsp3) is 0.150. The van der Waals surface area contributed by atoms with E-state index in [0.29, 0.717) is 12.2 Å². The van der Waals surface area contributed by atoms with Crippen LogP contribution in [0.2, 0.25) is 0 Å². The van der Waals surface area contributed by atoms with Crippen LogP contribution >= 0.6 is 15.9 Å². The van der Waals surface area contributed by atoms with Gasteiger partial charge >= 0.3 is 0 Å². The van der Waals surface area contributed by atoms with Crippen molar-refractivity contribution in [2.75, 3.05) is 12.4 Å². The number of anilines is 1. The number of carbonyl (C=O) groups excluding carboxylic acids is 1. The van der Waals surface area contributed by atoms with Gasteiger partial charge in [-0.2, -0.15) is 0 Å². The molecule has 126 valence electrons. The van der Waals surface area contributed by atoms with E-state index in [0.717, 1.165) is 32.1 Å². The highest BCUT2D eigenvalue weighted by atomic mass is 79.9. The van der Waals surface area contributed by atoms with Crippen molar-refractivity contribution in [1.82, 2.24) is 0 Å². The van der Waals surface area contributed by atoms with E-state index in [-0.39, 0.29) is 17.6 Å². The van der Waals surface area contributed by atoms with Crippen molar-refractivity contribution in [3.05, 3.63) is 64.1 Å². The lowest BCUT2D eigenvalue weighted by Crippen LogP contribution is -2.24. The maximum atomic E-state index is 12.3. The van der Waals surface area contributed by atoms with E-state index in [1.165, 1.54) is 7.11 Å². The molecular weight excluding hydrogens is 382 g/mol. The van der Waals surface area contributed by atoms with Crippen molar-refractivity contribution in [2.24, 2.45) is 0 Å². The average molecular weight is 398 g/mol. The molecule has 0 spiro atoms. The van der Waals surface area contributed by atoms with Gasteiger partial charge in [-0.05, 0) is 40.1 Å². The molecule has 0 unspecified atom stereocenters. The second-order valence-electron chi connectivity index (χ2n) is 6.10. The van der Waals surface area contributed by atoms with Crippen LogP contribution in [0.15, 0.2) is 53.0 Å². The summed E-state index contributed by atoms with van der Waals surface area (Å²) in [7, 11) is 1.52. The second-order valence-corrected chi connectivity index (χ2v) is 6.95. The number of methoxy groups -OCH3 is 1. The predicted molar refractivity (Wildman–Crippen MR) is 101 cm³/mol. The van der Waals surface area contributed by atoms with Crippen LogP contribution in [0.3, 0.4) is 0 Å². The Morgan fingerprint density at radius 1 is 1.20 bits per heavy atom. The Hall–Kier alpha value is -2.53. The van der Waals surface area contributed by atoms with Crippen LogP contribution in [-0.4, -0.2) is 18.1 Å². The molecule has 1 aliphatic rings. The monoisotopic (exact) mass is 397 g/mol. The van der Waals surface area contributed by atoms with Gasteiger partial charge in [0.05, 0.1) is 7.11 Å². The van der Waals surface area contributed by atoms with Gasteiger partial charge in [0.25, 0.3) is 0 Å². The predicted octanol–water partition coefficient (Wildman–Crippen LogP) is 4.79. The van der Waals surface area contributed by atoms with Gasteiger partial charge in [-0.25, -0.2) is 0 Å². The number of fused-ring (bicyclic) bond motifs is 3. The third-order valence-corrected chi connectivity index (χ3v) is 5.34. The van der Waals surface area contributed by atoms with Gasteiger partial charge in [0.15, 0.2) is 11.5 Å². The van der Waals surface area contributed by atoms with Crippen LogP contribution in [-0.2, 0) is 4.79 Å². The number of benzene rings is 3. The number of ether oxygens (including phenoxy) is 1. The van der Waals surface area contributed by atoms with Crippen LogP contribution in [0.4, 0.5) is 5.69 Å². The number of hydrogen-bond donors (Lipinski definition) is 2. The molecule has 4 rings (SSSR count). The van der Waals surface area contributed by atoms with Gasteiger partial charge in [0, 0.05) is 22.5 Å². The summed E-state index contributed by atoms with van der Waals surface area (Å²) in [6.45, 7) is 0. The maximum Gasteiger partial charge on any atom is 0.225 e. The molecule has 0 fully saturated rings. The van der Waals surface area contributed by atoms with Crippen LogP contribution < -0.4 is 10.1 Å². The summed E-state index contributed by atoms with van der Waals surface area (Å²) in [6, 6.07) is 15.5. The minimum atomic E-state index is -0.126. The molecular formula is C20H16BrNO3. The second kappa shape index (κ2) is 6.08. The molecule has 0 bridgehead atoms. The first kappa shape index (κ1) is 16.0. The lowest BCUT2D eigenvalue weighted by molar-refractivity contribution is -0.116. The third-order valence-electron chi connectivity index (χ3n) is 4.66. The molecule has 1 heterocycles. The van der Waals surface area contributed by atoms with E-state index in [1.807, 2.05) is 24.3 Å². The van der Waals surface area contributed by atoms with Crippen molar-refractivity contribution in [3.63, 3.8) is 0 Å². The summed E-state index contributed by atoms with van der Waals surface area (Å²) in [5.74, 6) is 0.313. The van der Waals surface area contributed by atoms with Gasteiger partial charge in [-0.15, -0.1) is 0 Å². The van der Waals surface area contributed by atoms with Crippen LogP contribution in [0.5, 0.6) is 11.5 Å². The summed E-state index contributed by atoms with van der Waals surface area (Å²) in [6.07, 6.45) is 0.341. The topological polar surface area (TPSA) is 58.6 Å². The Labute approximate surface area is 153 Å².